The number of hydrogen-bond donors (Lipinski definition) is 1. The Morgan fingerprint density at radius 2 is 1.71 bits per heavy atom. The number of nitrogens with zero attached hydrogens (tertiary/aromatic N) is 1. The molecule has 0 saturated heterocycles. The molecule has 178 valence electrons. The summed E-state index contributed by atoms with van der Waals surface area (Å²) in [5.74, 6) is 2.02. The summed E-state index contributed by atoms with van der Waals surface area (Å²) in [4.78, 5) is 15.3. The molecule has 0 aromatic heterocycles. The van der Waals surface area contributed by atoms with Crippen molar-refractivity contribution in [3.05, 3.63) is 87.9 Å². The molecule has 3 aromatic rings. The zero-order valence-corrected chi connectivity index (χ0v) is 20.4. The van der Waals surface area contributed by atoms with Crippen LogP contribution in [0.15, 0.2) is 60.7 Å². The van der Waals surface area contributed by atoms with Crippen LogP contribution in [0.3, 0.4) is 0 Å². The summed E-state index contributed by atoms with van der Waals surface area (Å²) in [6.45, 7) is 2.02. The number of methoxy groups -OCH3 is 3. The van der Waals surface area contributed by atoms with Gasteiger partial charge in [-0.1, -0.05) is 35.9 Å². The van der Waals surface area contributed by atoms with Crippen molar-refractivity contribution in [2.45, 2.75) is 19.0 Å². The van der Waals surface area contributed by atoms with Crippen LogP contribution in [0, 0.1) is 0 Å². The lowest BCUT2D eigenvalue weighted by atomic mass is 9.91. The maximum Gasteiger partial charge on any atom is 0.252 e. The highest BCUT2D eigenvalue weighted by Gasteiger charge is 2.30. The highest BCUT2D eigenvalue weighted by Crippen LogP contribution is 2.38. The van der Waals surface area contributed by atoms with E-state index in [1.165, 1.54) is 11.1 Å². The molecular formula is C27H29ClN2O4. The highest BCUT2D eigenvalue weighted by molar-refractivity contribution is 6.33. The standard InChI is InChI=1S/C27H29ClN2O4/c1-32-20-10-8-18(9-11-20)17-30-13-12-19-14-25(33-2)26(34-3)15-22(19)24(30)16-29-27(31)21-6-4-5-7-23(21)28/h4-11,14-15,24H,12-13,16-17H2,1-3H3,(H,29,31)/t24-/m1/s1. The Balaban J connectivity index is 1.62. The third kappa shape index (κ3) is 5.13. The Bertz CT molecular complexity index is 1150. The molecule has 0 saturated carbocycles. The number of nitrogens with one attached hydrogen (secondary N) is 1. The van der Waals surface area contributed by atoms with Gasteiger partial charge in [-0.25, -0.2) is 0 Å². The zero-order valence-electron chi connectivity index (χ0n) is 19.6. The smallest absolute Gasteiger partial charge is 0.252 e. The van der Waals surface area contributed by atoms with Gasteiger partial charge in [0, 0.05) is 19.6 Å². The van der Waals surface area contributed by atoms with Gasteiger partial charge in [0.15, 0.2) is 11.5 Å². The summed E-state index contributed by atoms with van der Waals surface area (Å²) in [5, 5.41) is 3.53. The number of carbonyl (C=O) groups excluding carboxylic acids is 1. The fourth-order valence-corrected chi connectivity index (χ4v) is 4.63. The minimum Gasteiger partial charge on any atom is -0.497 e. The summed E-state index contributed by atoms with van der Waals surface area (Å²) >= 11 is 6.24. The predicted octanol–water partition coefficient (Wildman–Crippen LogP) is 4.90. The molecule has 1 heterocycles. The molecule has 1 atom stereocenters. The van der Waals surface area contributed by atoms with E-state index in [9.17, 15) is 4.79 Å². The summed E-state index contributed by atoms with van der Waals surface area (Å²) < 4.78 is 16.4. The Labute approximate surface area is 205 Å². The second-order valence-corrected chi connectivity index (χ2v) is 8.59. The van der Waals surface area contributed by atoms with Crippen LogP contribution in [-0.2, 0) is 13.0 Å². The van der Waals surface area contributed by atoms with Gasteiger partial charge in [-0.2, -0.15) is 0 Å². The number of ether oxygens (including phenoxy) is 3. The van der Waals surface area contributed by atoms with E-state index in [1.54, 1.807) is 33.5 Å². The lowest BCUT2D eigenvalue weighted by molar-refractivity contribution is 0.0926. The largest absolute Gasteiger partial charge is 0.497 e. The molecule has 1 amide bonds. The van der Waals surface area contributed by atoms with E-state index >= 15 is 0 Å². The molecule has 0 radical (unpaired) electrons. The number of halogens is 1. The van der Waals surface area contributed by atoms with Gasteiger partial charge in [-0.05, 0) is 59.5 Å². The van der Waals surface area contributed by atoms with E-state index in [4.69, 9.17) is 25.8 Å². The average molecular weight is 481 g/mol. The number of amides is 1. The normalized spacial score (nSPS) is 15.4. The number of rotatable bonds is 8. The summed E-state index contributed by atoms with van der Waals surface area (Å²) in [7, 11) is 4.94. The van der Waals surface area contributed by atoms with Crippen molar-refractivity contribution < 1.29 is 19.0 Å². The van der Waals surface area contributed by atoms with E-state index in [1.807, 2.05) is 36.4 Å². The van der Waals surface area contributed by atoms with Gasteiger partial charge in [0.25, 0.3) is 5.91 Å². The van der Waals surface area contributed by atoms with Crippen LogP contribution in [0.25, 0.3) is 0 Å². The van der Waals surface area contributed by atoms with Crippen molar-refractivity contribution in [1.82, 2.24) is 10.2 Å². The average Bonchev–Trinajstić information content (AvgIpc) is 2.87. The number of benzene rings is 3. The molecule has 7 heteroatoms. The van der Waals surface area contributed by atoms with Crippen LogP contribution in [-0.4, -0.2) is 45.2 Å². The van der Waals surface area contributed by atoms with E-state index in [0.717, 1.165) is 30.8 Å². The first kappa shape index (κ1) is 23.9. The van der Waals surface area contributed by atoms with E-state index in [-0.39, 0.29) is 11.9 Å². The predicted molar refractivity (Wildman–Crippen MR) is 133 cm³/mol. The van der Waals surface area contributed by atoms with Crippen LogP contribution in [0.5, 0.6) is 17.2 Å². The molecule has 0 unspecified atom stereocenters. The fraction of sp³-hybridized carbons (Fsp3) is 0.296. The quantitative estimate of drug-likeness (QED) is 0.497. The van der Waals surface area contributed by atoms with Crippen molar-refractivity contribution in [3.8, 4) is 17.2 Å². The Kier molecular flexibility index (Phi) is 7.60. The summed E-state index contributed by atoms with van der Waals surface area (Å²) in [6, 6.07) is 19.2. The first-order valence-corrected chi connectivity index (χ1v) is 11.6. The van der Waals surface area contributed by atoms with Crippen LogP contribution in [0.1, 0.15) is 33.1 Å². The van der Waals surface area contributed by atoms with Crippen molar-refractivity contribution in [3.63, 3.8) is 0 Å². The van der Waals surface area contributed by atoms with Crippen molar-refractivity contribution in [2.75, 3.05) is 34.4 Å². The van der Waals surface area contributed by atoms with Crippen LogP contribution >= 0.6 is 11.6 Å². The topological polar surface area (TPSA) is 60.0 Å². The molecule has 1 aliphatic rings. The van der Waals surface area contributed by atoms with Crippen molar-refractivity contribution in [2.24, 2.45) is 0 Å². The zero-order chi connectivity index (χ0) is 24.1. The maximum absolute atomic E-state index is 12.9. The van der Waals surface area contributed by atoms with Gasteiger partial charge >= 0.3 is 0 Å². The molecule has 0 fully saturated rings. The molecule has 4 rings (SSSR count). The van der Waals surface area contributed by atoms with Gasteiger partial charge in [-0.15, -0.1) is 0 Å². The summed E-state index contributed by atoms with van der Waals surface area (Å²) in [5.41, 5.74) is 3.96. The highest BCUT2D eigenvalue weighted by atomic mass is 35.5. The first-order chi connectivity index (χ1) is 16.5. The van der Waals surface area contributed by atoms with Gasteiger partial charge in [0.1, 0.15) is 5.75 Å². The minimum atomic E-state index is -0.192. The van der Waals surface area contributed by atoms with Crippen molar-refractivity contribution >= 4 is 17.5 Å². The van der Waals surface area contributed by atoms with E-state index < -0.39 is 0 Å². The third-order valence-corrected chi connectivity index (χ3v) is 6.56. The molecule has 1 aliphatic heterocycles. The Morgan fingerprint density at radius 3 is 2.38 bits per heavy atom. The van der Waals surface area contributed by atoms with Gasteiger partial charge in [-0.3, -0.25) is 9.69 Å². The second kappa shape index (κ2) is 10.8. The Hall–Kier alpha value is -3.22. The molecule has 0 bridgehead atoms. The SMILES string of the molecule is COc1ccc(CN2CCc3cc(OC)c(OC)cc3[C@H]2CNC(=O)c2ccccc2Cl)cc1. The second-order valence-electron chi connectivity index (χ2n) is 8.18. The van der Waals surface area contributed by atoms with Gasteiger partial charge in [0.05, 0.1) is 38.0 Å². The number of carbonyl (C=O) groups is 1. The van der Waals surface area contributed by atoms with Gasteiger partial charge in [0.2, 0.25) is 0 Å². The fourth-order valence-electron chi connectivity index (χ4n) is 4.40. The summed E-state index contributed by atoms with van der Waals surface area (Å²) in [6.07, 6.45) is 0.876. The Morgan fingerprint density at radius 1 is 1.00 bits per heavy atom. The van der Waals surface area contributed by atoms with E-state index in [2.05, 4.69) is 22.3 Å². The monoisotopic (exact) mass is 480 g/mol. The number of fused-ring (bicyclic) bond motifs is 1. The molecule has 34 heavy (non-hydrogen) atoms. The van der Waals surface area contributed by atoms with Gasteiger partial charge < -0.3 is 19.5 Å². The van der Waals surface area contributed by atoms with Crippen LogP contribution in [0.4, 0.5) is 0 Å². The van der Waals surface area contributed by atoms with Crippen LogP contribution in [0.2, 0.25) is 5.02 Å². The number of hydrogen-bond acceptors (Lipinski definition) is 5. The third-order valence-electron chi connectivity index (χ3n) is 6.23. The minimum absolute atomic E-state index is 0.0444. The lowest BCUT2D eigenvalue weighted by Crippen LogP contribution is -2.41. The van der Waals surface area contributed by atoms with Crippen LogP contribution < -0.4 is 19.5 Å². The lowest BCUT2D eigenvalue weighted by Gasteiger charge is -2.38. The van der Waals surface area contributed by atoms with E-state index in [0.29, 0.717) is 28.6 Å². The van der Waals surface area contributed by atoms with Crippen molar-refractivity contribution in [1.29, 1.82) is 0 Å². The molecule has 6 nitrogen and oxygen atoms in total. The molecule has 3 aromatic carbocycles. The maximum atomic E-state index is 12.9. The first-order valence-electron chi connectivity index (χ1n) is 11.2. The molecule has 0 aliphatic carbocycles. The molecular weight excluding hydrogens is 452 g/mol. The molecule has 0 spiro atoms. The molecule has 1 N–H and O–H groups in total.